The Kier molecular flexibility index (Phi) is 8.90. The maximum atomic E-state index is 13.1. The van der Waals surface area contributed by atoms with E-state index < -0.39 is 0 Å². The van der Waals surface area contributed by atoms with Crippen LogP contribution >= 0.6 is 11.8 Å². The number of thioether (sulfide) groups is 1. The van der Waals surface area contributed by atoms with Crippen LogP contribution in [0.3, 0.4) is 0 Å². The summed E-state index contributed by atoms with van der Waals surface area (Å²) < 4.78 is 17.8. The third-order valence-electron chi connectivity index (χ3n) is 6.12. The first-order chi connectivity index (χ1) is 18.5. The van der Waals surface area contributed by atoms with Gasteiger partial charge in [-0.3, -0.25) is 14.6 Å². The Morgan fingerprint density at radius 3 is 2.34 bits per heavy atom. The molecule has 10 nitrogen and oxygen atoms in total. The fourth-order valence-electron chi connectivity index (χ4n) is 4.15. The van der Waals surface area contributed by atoms with Crippen molar-refractivity contribution in [1.82, 2.24) is 24.8 Å². The second-order valence-electron chi connectivity index (χ2n) is 8.34. The SMILES string of the molecule is CCn1c(SCC(=O)N2CCCN2C(=O)C=Cc2cc(OC)ccc2OC)nnc1-c1ccc(OC)cc1. The van der Waals surface area contributed by atoms with Crippen molar-refractivity contribution in [3.8, 4) is 28.6 Å². The molecule has 1 fully saturated rings. The first kappa shape index (κ1) is 27.1. The number of carbonyl (C=O) groups is 2. The molecule has 11 heteroatoms. The fourth-order valence-corrected chi connectivity index (χ4v) is 5.02. The number of amides is 2. The van der Waals surface area contributed by atoms with Gasteiger partial charge in [0.15, 0.2) is 11.0 Å². The van der Waals surface area contributed by atoms with E-state index >= 15 is 0 Å². The van der Waals surface area contributed by atoms with Gasteiger partial charge >= 0.3 is 0 Å². The molecule has 0 radical (unpaired) electrons. The molecule has 2 aromatic carbocycles. The highest BCUT2D eigenvalue weighted by molar-refractivity contribution is 7.99. The zero-order valence-electron chi connectivity index (χ0n) is 21.9. The average molecular weight is 538 g/mol. The van der Waals surface area contributed by atoms with Crippen molar-refractivity contribution >= 4 is 29.7 Å². The van der Waals surface area contributed by atoms with Gasteiger partial charge in [0.05, 0.1) is 27.1 Å². The van der Waals surface area contributed by atoms with E-state index in [4.69, 9.17) is 14.2 Å². The van der Waals surface area contributed by atoms with Crippen LogP contribution in [0.5, 0.6) is 17.2 Å². The van der Waals surface area contributed by atoms with E-state index in [1.54, 1.807) is 45.6 Å². The first-order valence-electron chi connectivity index (χ1n) is 12.2. The lowest BCUT2D eigenvalue weighted by atomic mass is 10.1. The van der Waals surface area contributed by atoms with Crippen LogP contribution in [0.4, 0.5) is 0 Å². The van der Waals surface area contributed by atoms with Crippen molar-refractivity contribution < 1.29 is 23.8 Å². The average Bonchev–Trinajstić information content (AvgIpc) is 3.62. The van der Waals surface area contributed by atoms with E-state index in [1.165, 1.54) is 27.9 Å². The van der Waals surface area contributed by atoms with Crippen LogP contribution in [0.1, 0.15) is 18.9 Å². The van der Waals surface area contributed by atoms with Gasteiger partial charge in [0, 0.05) is 36.8 Å². The summed E-state index contributed by atoms with van der Waals surface area (Å²) in [6, 6.07) is 13.0. The largest absolute Gasteiger partial charge is 0.497 e. The maximum Gasteiger partial charge on any atom is 0.265 e. The van der Waals surface area contributed by atoms with Crippen LogP contribution in [-0.4, -0.2) is 76.8 Å². The van der Waals surface area contributed by atoms with Crippen LogP contribution in [-0.2, 0) is 16.1 Å². The van der Waals surface area contributed by atoms with Crippen LogP contribution < -0.4 is 14.2 Å². The molecule has 200 valence electrons. The number of hydrogen-bond acceptors (Lipinski definition) is 8. The summed E-state index contributed by atoms with van der Waals surface area (Å²) in [4.78, 5) is 26.1. The Labute approximate surface area is 226 Å². The zero-order valence-corrected chi connectivity index (χ0v) is 22.7. The fraction of sp³-hybridized carbons (Fsp3) is 0.333. The molecule has 1 aliphatic heterocycles. The van der Waals surface area contributed by atoms with Gasteiger partial charge in [-0.1, -0.05) is 11.8 Å². The van der Waals surface area contributed by atoms with E-state index in [2.05, 4.69) is 10.2 Å². The topological polar surface area (TPSA) is 99.0 Å². The van der Waals surface area contributed by atoms with E-state index in [1.807, 2.05) is 35.8 Å². The number of carbonyl (C=O) groups excluding carboxylic acids is 2. The van der Waals surface area contributed by atoms with Crippen molar-refractivity contribution in [2.24, 2.45) is 0 Å². The van der Waals surface area contributed by atoms with Gasteiger partial charge in [-0.15, -0.1) is 10.2 Å². The highest BCUT2D eigenvalue weighted by Crippen LogP contribution is 2.27. The van der Waals surface area contributed by atoms with Gasteiger partial charge in [0.25, 0.3) is 11.8 Å². The minimum Gasteiger partial charge on any atom is -0.497 e. The molecule has 3 aromatic rings. The number of benzene rings is 2. The van der Waals surface area contributed by atoms with Gasteiger partial charge in [-0.05, 0) is 61.9 Å². The molecule has 0 N–H and O–H groups in total. The summed E-state index contributed by atoms with van der Waals surface area (Å²) in [7, 11) is 4.77. The highest BCUT2D eigenvalue weighted by Gasteiger charge is 2.30. The van der Waals surface area contributed by atoms with Gasteiger partial charge in [-0.25, -0.2) is 5.01 Å². The first-order valence-corrected chi connectivity index (χ1v) is 13.2. The van der Waals surface area contributed by atoms with Gasteiger partial charge in [0.2, 0.25) is 0 Å². The highest BCUT2D eigenvalue weighted by atomic mass is 32.2. The molecule has 0 bridgehead atoms. The molecule has 0 unspecified atom stereocenters. The zero-order chi connectivity index (χ0) is 27.1. The number of nitrogens with zero attached hydrogens (tertiary/aromatic N) is 5. The Morgan fingerprint density at radius 2 is 1.66 bits per heavy atom. The monoisotopic (exact) mass is 537 g/mol. The van der Waals surface area contributed by atoms with Crippen molar-refractivity contribution in [3.63, 3.8) is 0 Å². The lowest BCUT2D eigenvalue weighted by Crippen LogP contribution is -2.45. The van der Waals surface area contributed by atoms with E-state index in [0.29, 0.717) is 48.3 Å². The standard InChI is InChI=1S/C27H31N5O5S/c1-5-30-26(19-7-10-21(35-2)11-8-19)28-29-27(30)38-18-25(34)32-16-6-15-31(32)24(33)14-9-20-17-22(36-3)12-13-23(20)37-4/h7-14,17H,5-6,15-16,18H2,1-4H3. The van der Waals surface area contributed by atoms with Crippen LogP contribution in [0.25, 0.3) is 17.5 Å². The number of aromatic nitrogens is 3. The second kappa shape index (κ2) is 12.5. The molecule has 2 amide bonds. The van der Waals surface area contributed by atoms with E-state index in [-0.39, 0.29) is 17.6 Å². The number of hydrogen-bond donors (Lipinski definition) is 0. The molecule has 1 aromatic heterocycles. The lowest BCUT2D eigenvalue weighted by molar-refractivity contribution is -0.152. The lowest BCUT2D eigenvalue weighted by Gasteiger charge is -2.26. The molecular weight excluding hydrogens is 506 g/mol. The van der Waals surface area contributed by atoms with Crippen molar-refractivity contribution in [2.45, 2.75) is 25.0 Å². The molecule has 4 rings (SSSR count). The third kappa shape index (κ3) is 5.94. The predicted molar refractivity (Wildman–Crippen MR) is 145 cm³/mol. The second-order valence-corrected chi connectivity index (χ2v) is 9.28. The number of hydrazine groups is 1. The molecule has 38 heavy (non-hydrogen) atoms. The van der Waals surface area contributed by atoms with Gasteiger partial charge < -0.3 is 18.8 Å². The predicted octanol–water partition coefficient (Wildman–Crippen LogP) is 3.77. The van der Waals surface area contributed by atoms with E-state index in [9.17, 15) is 9.59 Å². The Hall–Kier alpha value is -3.99. The summed E-state index contributed by atoms with van der Waals surface area (Å²) in [5, 5.41) is 12.3. The summed E-state index contributed by atoms with van der Waals surface area (Å²) >= 11 is 1.31. The normalized spacial score (nSPS) is 13.3. The third-order valence-corrected chi connectivity index (χ3v) is 7.07. The van der Waals surface area contributed by atoms with Crippen molar-refractivity contribution in [2.75, 3.05) is 40.2 Å². The van der Waals surface area contributed by atoms with Crippen molar-refractivity contribution in [3.05, 3.63) is 54.1 Å². The Morgan fingerprint density at radius 1 is 0.947 bits per heavy atom. The summed E-state index contributed by atoms with van der Waals surface area (Å²) in [5.74, 6) is 2.46. The van der Waals surface area contributed by atoms with Gasteiger partial charge in [-0.2, -0.15) is 0 Å². The smallest absolute Gasteiger partial charge is 0.265 e. The molecule has 0 aliphatic carbocycles. The van der Waals surface area contributed by atoms with Gasteiger partial charge in [0.1, 0.15) is 17.2 Å². The molecule has 2 heterocycles. The Balaban J connectivity index is 1.42. The van der Waals surface area contributed by atoms with E-state index in [0.717, 1.165) is 17.1 Å². The number of rotatable bonds is 10. The van der Waals surface area contributed by atoms with Crippen LogP contribution in [0.2, 0.25) is 0 Å². The molecule has 1 saturated heterocycles. The molecule has 0 spiro atoms. The van der Waals surface area contributed by atoms with Crippen LogP contribution in [0.15, 0.2) is 53.7 Å². The molecule has 1 aliphatic rings. The minimum absolute atomic E-state index is 0.137. The van der Waals surface area contributed by atoms with Crippen molar-refractivity contribution in [1.29, 1.82) is 0 Å². The minimum atomic E-state index is -0.274. The summed E-state index contributed by atoms with van der Waals surface area (Å²) in [5.41, 5.74) is 1.62. The number of methoxy groups -OCH3 is 3. The molecule has 0 saturated carbocycles. The van der Waals surface area contributed by atoms with Crippen LogP contribution in [0, 0.1) is 0 Å². The summed E-state index contributed by atoms with van der Waals surface area (Å²) in [6.07, 6.45) is 3.83. The quantitative estimate of drug-likeness (QED) is 0.285. The Bertz CT molecular complexity index is 1310. The summed E-state index contributed by atoms with van der Waals surface area (Å²) in [6.45, 7) is 3.62. The maximum absolute atomic E-state index is 13.1. The molecular formula is C27H31N5O5S. The number of ether oxygens (including phenoxy) is 3. The molecule has 0 atom stereocenters.